The Balaban J connectivity index is 1.96. The molecule has 0 amide bonds. The van der Waals surface area contributed by atoms with Gasteiger partial charge in [-0.15, -0.1) is 0 Å². The molecular formula is C14H15F2NOS. The number of halogens is 2. The van der Waals surface area contributed by atoms with Gasteiger partial charge in [-0.25, -0.2) is 8.78 Å². The van der Waals surface area contributed by atoms with Crippen molar-refractivity contribution in [1.29, 1.82) is 0 Å². The van der Waals surface area contributed by atoms with Gasteiger partial charge >= 0.3 is 0 Å². The summed E-state index contributed by atoms with van der Waals surface area (Å²) in [5.41, 5.74) is 1.23. The molecule has 1 aromatic carbocycles. The summed E-state index contributed by atoms with van der Waals surface area (Å²) in [4.78, 5) is 0. The first-order valence-corrected chi connectivity index (χ1v) is 6.90. The van der Waals surface area contributed by atoms with Crippen LogP contribution in [0.15, 0.2) is 35.0 Å². The highest BCUT2D eigenvalue weighted by Gasteiger charge is 2.15. The molecule has 0 aliphatic heterocycles. The van der Waals surface area contributed by atoms with Crippen LogP contribution in [-0.2, 0) is 0 Å². The van der Waals surface area contributed by atoms with Crippen LogP contribution in [-0.4, -0.2) is 11.7 Å². The van der Waals surface area contributed by atoms with Crippen LogP contribution >= 0.6 is 11.3 Å². The second-order valence-electron chi connectivity index (χ2n) is 4.37. The van der Waals surface area contributed by atoms with E-state index >= 15 is 0 Å². The van der Waals surface area contributed by atoms with E-state index in [-0.39, 0.29) is 18.2 Å². The Morgan fingerprint density at radius 3 is 2.74 bits per heavy atom. The number of nitrogens with one attached hydrogen (secondary N) is 1. The van der Waals surface area contributed by atoms with Crippen molar-refractivity contribution in [2.45, 2.75) is 19.1 Å². The normalized spacial score (nSPS) is 14.3. The van der Waals surface area contributed by atoms with Crippen LogP contribution in [0.4, 0.5) is 8.78 Å². The van der Waals surface area contributed by atoms with Crippen LogP contribution in [0.2, 0.25) is 0 Å². The predicted octanol–water partition coefficient (Wildman–Crippen LogP) is 3.41. The minimum Gasteiger partial charge on any atom is -0.387 e. The highest BCUT2D eigenvalue weighted by Crippen LogP contribution is 2.20. The number of benzene rings is 1. The van der Waals surface area contributed by atoms with Crippen LogP contribution in [0.25, 0.3) is 0 Å². The van der Waals surface area contributed by atoms with E-state index in [1.807, 2.05) is 23.8 Å². The molecule has 0 saturated carbocycles. The van der Waals surface area contributed by atoms with Gasteiger partial charge < -0.3 is 10.4 Å². The summed E-state index contributed by atoms with van der Waals surface area (Å²) < 4.78 is 26.2. The molecule has 0 aliphatic rings. The fourth-order valence-electron chi connectivity index (χ4n) is 1.81. The van der Waals surface area contributed by atoms with Crippen LogP contribution in [0.1, 0.15) is 30.2 Å². The first kappa shape index (κ1) is 14.1. The van der Waals surface area contributed by atoms with Crippen molar-refractivity contribution in [3.63, 3.8) is 0 Å². The zero-order valence-electron chi connectivity index (χ0n) is 10.4. The van der Waals surface area contributed by atoms with Crippen molar-refractivity contribution < 1.29 is 13.9 Å². The van der Waals surface area contributed by atoms with Gasteiger partial charge in [0, 0.05) is 24.2 Å². The Morgan fingerprint density at radius 2 is 2.11 bits per heavy atom. The molecular weight excluding hydrogens is 268 g/mol. The second-order valence-corrected chi connectivity index (χ2v) is 5.15. The second kappa shape index (κ2) is 6.23. The zero-order chi connectivity index (χ0) is 13.8. The number of hydrogen-bond donors (Lipinski definition) is 2. The van der Waals surface area contributed by atoms with Crippen molar-refractivity contribution in [3.05, 3.63) is 57.8 Å². The van der Waals surface area contributed by atoms with Crippen LogP contribution in [0, 0.1) is 11.6 Å². The lowest BCUT2D eigenvalue weighted by Gasteiger charge is -2.17. The van der Waals surface area contributed by atoms with Gasteiger partial charge in [-0.05, 0) is 35.4 Å². The van der Waals surface area contributed by atoms with Crippen molar-refractivity contribution in [1.82, 2.24) is 5.32 Å². The largest absolute Gasteiger partial charge is 0.387 e. The van der Waals surface area contributed by atoms with Crippen LogP contribution < -0.4 is 5.32 Å². The number of rotatable bonds is 5. The third-order valence-corrected chi connectivity index (χ3v) is 3.68. The van der Waals surface area contributed by atoms with Gasteiger partial charge in [0.1, 0.15) is 11.6 Å². The number of hydrogen-bond acceptors (Lipinski definition) is 3. The Bertz CT molecular complexity index is 530. The van der Waals surface area contributed by atoms with Gasteiger partial charge in [0.15, 0.2) is 0 Å². The first-order chi connectivity index (χ1) is 9.08. The van der Waals surface area contributed by atoms with E-state index < -0.39 is 17.7 Å². The van der Waals surface area contributed by atoms with Gasteiger partial charge in [0.25, 0.3) is 0 Å². The van der Waals surface area contributed by atoms with Crippen LogP contribution in [0.5, 0.6) is 0 Å². The Kier molecular flexibility index (Phi) is 4.63. The van der Waals surface area contributed by atoms with E-state index in [4.69, 9.17) is 0 Å². The maximum Gasteiger partial charge on any atom is 0.131 e. The lowest BCUT2D eigenvalue weighted by Crippen LogP contribution is -2.24. The molecule has 0 bridgehead atoms. The standard InChI is InChI=1S/C14H15F2NOS/c1-9(10-4-5-19-8-10)17-7-14(18)12-3-2-11(15)6-13(12)16/h2-6,8-9,14,17-18H,7H2,1H3. The predicted molar refractivity (Wildman–Crippen MR) is 72.1 cm³/mol. The summed E-state index contributed by atoms with van der Waals surface area (Å²) in [5.74, 6) is -1.37. The van der Waals surface area contributed by atoms with Gasteiger partial charge in [0.05, 0.1) is 6.10 Å². The average Bonchev–Trinajstić information content (AvgIpc) is 2.89. The molecule has 0 fully saturated rings. The molecule has 2 N–H and O–H groups in total. The van der Waals surface area contributed by atoms with Crippen molar-refractivity contribution in [2.24, 2.45) is 0 Å². The molecule has 102 valence electrons. The van der Waals surface area contributed by atoms with E-state index in [1.165, 1.54) is 6.07 Å². The van der Waals surface area contributed by atoms with Crippen molar-refractivity contribution >= 4 is 11.3 Å². The number of aliphatic hydroxyl groups is 1. The number of thiophene rings is 1. The van der Waals surface area contributed by atoms with Gasteiger partial charge in [-0.2, -0.15) is 11.3 Å². The first-order valence-electron chi connectivity index (χ1n) is 5.96. The smallest absolute Gasteiger partial charge is 0.131 e. The SMILES string of the molecule is CC(NCC(O)c1ccc(F)cc1F)c1ccsc1. The van der Waals surface area contributed by atoms with E-state index in [0.29, 0.717) is 0 Å². The van der Waals surface area contributed by atoms with E-state index in [1.54, 1.807) is 11.3 Å². The molecule has 1 heterocycles. The van der Waals surface area contributed by atoms with E-state index in [0.717, 1.165) is 17.7 Å². The van der Waals surface area contributed by atoms with Gasteiger partial charge in [-0.3, -0.25) is 0 Å². The monoisotopic (exact) mass is 283 g/mol. The van der Waals surface area contributed by atoms with Crippen molar-refractivity contribution in [3.8, 4) is 0 Å². The Labute approximate surface area is 114 Å². The van der Waals surface area contributed by atoms with E-state index in [9.17, 15) is 13.9 Å². The average molecular weight is 283 g/mol. The molecule has 5 heteroatoms. The summed E-state index contributed by atoms with van der Waals surface area (Å²) in [6.45, 7) is 2.18. The molecule has 2 aromatic rings. The third-order valence-electron chi connectivity index (χ3n) is 2.98. The molecule has 19 heavy (non-hydrogen) atoms. The van der Waals surface area contributed by atoms with Crippen LogP contribution in [0.3, 0.4) is 0 Å². The zero-order valence-corrected chi connectivity index (χ0v) is 11.3. The Hall–Kier alpha value is -1.30. The van der Waals surface area contributed by atoms with Gasteiger partial charge in [0.2, 0.25) is 0 Å². The maximum absolute atomic E-state index is 13.5. The Morgan fingerprint density at radius 1 is 1.32 bits per heavy atom. The molecule has 2 atom stereocenters. The van der Waals surface area contributed by atoms with E-state index in [2.05, 4.69) is 5.32 Å². The molecule has 2 rings (SSSR count). The summed E-state index contributed by atoms with van der Waals surface area (Å²) >= 11 is 1.60. The summed E-state index contributed by atoms with van der Waals surface area (Å²) in [7, 11) is 0. The third kappa shape index (κ3) is 3.59. The highest BCUT2D eigenvalue weighted by atomic mass is 32.1. The quantitative estimate of drug-likeness (QED) is 0.881. The molecule has 0 spiro atoms. The molecule has 0 aliphatic carbocycles. The maximum atomic E-state index is 13.5. The molecule has 0 radical (unpaired) electrons. The van der Waals surface area contributed by atoms with Crippen molar-refractivity contribution in [2.75, 3.05) is 6.54 Å². The summed E-state index contributed by atoms with van der Waals surface area (Å²) in [5, 5.41) is 17.0. The topological polar surface area (TPSA) is 32.3 Å². The minimum atomic E-state index is -0.998. The molecule has 2 unspecified atom stereocenters. The summed E-state index contributed by atoms with van der Waals surface area (Å²) in [6, 6.07) is 5.26. The molecule has 0 saturated heterocycles. The number of aliphatic hydroxyl groups excluding tert-OH is 1. The van der Waals surface area contributed by atoms with Gasteiger partial charge in [-0.1, -0.05) is 6.07 Å². The molecule has 1 aromatic heterocycles. The highest BCUT2D eigenvalue weighted by molar-refractivity contribution is 7.07. The minimum absolute atomic E-state index is 0.0735. The summed E-state index contributed by atoms with van der Waals surface area (Å²) in [6.07, 6.45) is -0.998. The lowest BCUT2D eigenvalue weighted by molar-refractivity contribution is 0.166. The lowest BCUT2D eigenvalue weighted by atomic mass is 10.1. The molecule has 2 nitrogen and oxygen atoms in total. The fraction of sp³-hybridized carbons (Fsp3) is 0.286. The fourth-order valence-corrected chi connectivity index (χ4v) is 2.56.